The SMILES string of the molecule is CN1CCCC(CNCC(=O)Nc2ccc(Cl)cc2)C1. The fourth-order valence-corrected chi connectivity index (χ4v) is 2.69. The monoisotopic (exact) mass is 295 g/mol. The van der Waals surface area contributed by atoms with Crippen LogP contribution in [0.4, 0.5) is 5.69 Å². The molecule has 0 saturated carbocycles. The minimum absolute atomic E-state index is 0.0171. The number of hydrogen-bond donors (Lipinski definition) is 2. The highest BCUT2D eigenvalue weighted by Gasteiger charge is 2.16. The van der Waals surface area contributed by atoms with Crippen molar-refractivity contribution >= 4 is 23.2 Å². The molecule has 1 aromatic rings. The molecule has 1 heterocycles. The van der Waals surface area contributed by atoms with Gasteiger partial charge in [0, 0.05) is 17.3 Å². The molecule has 2 rings (SSSR count). The standard InChI is InChI=1S/C15H22ClN3O/c1-19-8-2-3-12(11-19)9-17-10-15(20)18-14-6-4-13(16)5-7-14/h4-7,12,17H,2-3,8-11H2,1H3,(H,18,20). The lowest BCUT2D eigenvalue weighted by atomic mass is 9.98. The molecule has 4 nitrogen and oxygen atoms in total. The Kier molecular flexibility index (Phi) is 5.83. The number of amides is 1. The number of carbonyl (C=O) groups is 1. The number of anilines is 1. The Bertz CT molecular complexity index is 435. The largest absolute Gasteiger partial charge is 0.325 e. The third-order valence-corrected chi connectivity index (χ3v) is 3.82. The molecule has 1 aliphatic rings. The van der Waals surface area contributed by atoms with Crippen LogP contribution in [0.1, 0.15) is 12.8 Å². The van der Waals surface area contributed by atoms with Gasteiger partial charge in [-0.25, -0.2) is 0 Å². The summed E-state index contributed by atoms with van der Waals surface area (Å²) in [4.78, 5) is 14.1. The zero-order valence-electron chi connectivity index (χ0n) is 11.9. The molecule has 2 N–H and O–H groups in total. The third-order valence-electron chi connectivity index (χ3n) is 3.57. The van der Waals surface area contributed by atoms with Crippen molar-refractivity contribution in [2.45, 2.75) is 12.8 Å². The summed E-state index contributed by atoms with van der Waals surface area (Å²) < 4.78 is 0. The Morgan fingerprint density at radius 1 is 1.40 bits per heavy atom. The molecule has 1 fully saturated rings. The van der Waals surface area contributed by atoms with Crippen LogP contribution in [0.2, 0.25) is 5.02 Å². The molecule has 5 heteroatoms. The maximum Gasteiger partial charge on any atom is 0.238 e. The van der Waals surface area contributed by atoms with Crippen molar-refractivity contribution in [2.75, 3.05) is 38.5 Å². The fraction of sp³-hybridized carbons (Fsp3) is 0.533. The van der Waals surface area contributed by atoms with Gasteiger partial charge in [0.1, 0.15) is 0 Å². The van der Waals surface area contributed by atoms with Crippen LogP contribution in [0.25, 0.3) is 0 Å². The normalized spacial score (nSPS) is 19.8. The number of likely N-dealkylation sites (tertiary alicyclic amines) is 1. The summed E-state index contributed by atoms with van der Waals surface area (Å²) in [5.41, 5.74) is 0.776. The van der Waals surface area contributed by atoms with E-state index in [1.165, 1.54) is 19.4 Å². The van der Waals surface area contributed by atoms with Gasteiger partial charge >= 0.3 is 0 Å². The molecule has 110 valence electrons. The molecule has 1 aliphatic heterocycles. The molecular formula is C15H22ClN3O. The summed E-state index contributed by atoms with van der Waals surface area (Å²) >= 11 is 5.80. The molecule has 0 aromatic heterocycles. The van der Waals surface area contributed by atoms with Gasteiger partial charge in [0.05, 0.1) is 6.54 Å². The Morgan fingerprint density at radius 2 is 2.15 bits per heavy atom. The van der Waals surface area contributed by atoms with E-state index in [-0.39, 0.29) is 5.91 Å². The number of halogens is 1. The van der Waals surface area contributed by atoms with Crippen molar-refractivity contribution in [1.29, 1.82) is 0 Å². The van der Waals surface area contributed by atoms with Crippen LogP contribution in [0.15, 0.2) is 24.3 Å². The van der Waals surface area contributed by atoms with Gasteiger partial charge in [-0.05, 0) is 63.2 Å². The molecule has 0 bridgehead atoms. The molecule has 1 aromatic carbocycles. The second-order valence-corrected chi connectivity index (χ2v) is 5.89. The van der Waals surface area contributed by atoms with Gasteiger partial charge in [-0.1, -0.05) is 11.6 Å². The van der Waals surface area contributed by atoms with Crippen LogP contribution in [0.5, 0.6) is 0 Å². The maximum atomic E-state index is 11.8. The Hall–Kier alpha value is -1.10. The van der Waals surface area contributed by atoms with Gasteiger partial charge in [-0.2, -0.15) is 0 Å². The molecule has 20 heavy (non-hydrogen) atoms. The number of rotatable bonds is 5. The summed E-state index contributed by atoms with van der Waals surface area (Å²) in [5, 5.41) is 6.76. The van der Waals surface area contributed by atoms with Gasteiger partial charge in [0.15, 0.2) is 0 Å². The van der Waals surface area contributed by atoms with Crippen molar-refractivity contribution in [3.63, 3.8) is 0 Å². The number of hydrogen-bond acceptors (Lipinski definition) is 3. The van der Waals surface area contributed by atoms with Gasteiger partial charge in [0.2, 0.25) is 5.91 Å². The summed E-state index contributed by atoms with van der Waals surface area (Å²) in [6.07, 6.45) is 2.50. The fourth-order valence-electron chi connectivity index (χ4n) is 2.57. The topological polar surface area (TPSA) is 44.4 Å². The van der Waals surface area contributed by atoms with Gasteiger partial charge in [0.25, 0.3) is 0 Å². The summed E-state index contributed by atoms with van der Waals surface area (Å²) in [6, 6.07) is 7.14. The molecular weight excluding hydrogens is 274 g/mol. The molecule has 0 aliphatic carbocycles. The van der Waals surface area contributed by atoms with Gasteiger partial charge < -0.3 is 15.5 Å². The minimum atomic E-state index is -0.0171. The van der Waals surface area contributed by atoms with E-state index in [0.717, 1.165) is 18.8 Å². The number of carbonyl (C=O) groups excluding carboxylic acids is 1. The van der Waals surface area contributed by atoms with E-state index in [9.17, 15) is 4.79 Å². The minimum Gasteiger partial charge on any atom is -0.325 e. The van der Waals surface area contributed by atoms with Crippen molar-refractivity contribution < 1.29 is 4.79 Å². The highest BCUT2D eigenvalue weighted by atomic mass is 35.5. The van der Waals surface area contributed by atoms with Crippen LogP contribution in [0, 0.1) is 5.92 Å². The quantitative estimate of drug-likeness (QED) is 0.875. The lowest BCUT2D eigenvalue weighted by Gasteiger charge is -2.29. The van der Waals surface area contributed by atoms with E-state index >= 15 is 0 Å². The van der Waals surface area contributed by atoms with Crippen LogP contribution < -0.4 is 10.6 Å². The maximum absolute atomic E-state index is 11.8. The smallest absolute Gasteiger partial charge is 0.238 e. The number of benzene rings is 1. The van der Waals surface area contributed by atoms with Crippen LogP contribution in [0.3, 0.4) is 0 Å². The van der Waals surface area contributed by atoms with Gasteiger partial charge in [-0.15, -0.1) is 0 Å². The molecule has 1 saturated heterocycles. The first kappa shape index (κ1) is 15.3. The van der Waals surface area contributed by atoms with Crippen molar-refractivity contribution in [2.24, 2.45) is 5.92 Å². The third kappa shape index (κ3) is 5.12. The highest BCUT2D eigenvalue weighted by molar-refractivity contribution is 6.30. The van der Waals surface area contributed by atoms with E-state index in [1.807, 2.05) is 0 Å². The predicted molar refractivity (Wildman–Crippen MR) is 83.2 cm³/mol. The first-order valence-electron chi connectivity index (χ1n) is 7.08. The van der Waals surface area contributed by atoms with Crippen molar-refractivity contribution in [3.8, 4) is 0 Å². The van der Waals surface area contributed by atoms with Crippen molar-refractivity contribution in [3.05, 3.63) is 29.3 Å². The number of piperidine rings is 1. The first-order valence-corrected chi connectivity index (χ1v) is 7.46. The van der Waals surface area contributed by atoms with E-state index in [1.54, 1.807) is 24.3 Å². The zero-order chi connectivity index (χ0) is 14.4. The molecule has 1 atom stereocenters. The van der Waals surface area contributed by atoms with Crippen LogP contribution in [-0.4, -0.2) is 44.0 Å². The summed E-state index contributed by atoms with van der Waals surface area (Å²) in [5.74, 6) is 0.633. The first-order chi connectivity index (χ1) is 9.63. The van der Waals surface area contributed by atoms with E-state index < -0.39 is 0 Å². The molecule has 0 spiro atoms. The Labute approximate surface area is 125 Å². The highest BCUT2D eigenvalue weighted by Crippen LogP contribution is 2.14. The van der Waals surface area contributed by atoms with E-state index in [4.69, 9.17) is 11.6 Å². The van der Waals surface area contributed by atoms with E-state index in [2.05, 4.69) is 22.6 Å². The van der Waals surface area contributed by atoms with Crippen molar-refractivity contribution in [1.82, 2.24) is 10.2 Å². The molecule has 0 radical (unpaired) electrons. The van der Waals surface area contributed by atoms with Crippen LogP contribution in [-0.2, 0) is 4.79 Å². The lowest BCUT2D eigenvalue weighted by molar-refractivity contribution is -0.115. The number of nitrogens with zero attached hydrogens (tertiary/aromatic N) is 1. The zero-order valence-corrected chi connectivity index (χ0v) is 12.6. The summed E-state index contributed by atoms with van der Waals surface area (Å²) in [7, 11) is 2.15. The lowest BCUT2D eigenvalue weighted by Crippen LogP contribution is -2.39. The molecule has 1 unspecified atom stereocenters. The molecule has 1 amide bonds. The van der Waals surface area contributed by atoms with Crippen LogP contribution >= 0.6 is 11.6 Å². The second-order valence-electron chi connectivity index (χ2n) is 5.46. The van der Waals surface area contributed by atoms with Gasteiger partial charge in [-0.3, -0.25) is 4.79 Å². The predicted octanol–water partition coefficient (Wildman–Crippen LogP) is 2.21. The Balaban J connectivity index is 1.66. The van der Waals surface area contributed by atoms with E-state index in [0.29, 0.717) is 17.5 Å². The average Bonchev–Trinajstić information content (AvgIpc) is 2.41. The summed E-state index contributed by atoms with van der Waals surface area (Å²) in [6.45, 7) is 3.56. The Morgan fingerprint density at radius 3 is 2.85 bits per heavy atom. The number of nitrogens with one attached hydrogen (secondary N) is 2. The second kappa shape index (κ2) is 7.62. The average molecular weight is 296 g/mol.